The molecule has 3 aromatic heterocycles. The third kappa shape index (κ3) is 4.27. The molecular weight excluding hydrogens is 396 g/mol. The molecule has 1 aliphatic heterocycles. The van der Waals surface area contributed by atoms with E-state index in [1.165, 1.54) is 0 Å². The zero-order valence-electron chi connectivity index (χ0n) is 16.7. The Morgan fingerprint density at radius 2 is 1.93 bits per heavy atom. The third-order valence-corrected chi connectivity index (χ3v) is 4.62. The van der Waals surface area contributed by atoms with Crippen LogP contribution in [0.3, 0.4) is 0 Å². The van der Waals surface area contributed by atoms with Crippen molar-refractivity contribution in [3.63, 3.8) is 0 Å². The molecule has 0 amide bonds. The van der Waals surface area contributed by atoms with Gasteiger partial charge in [-0.1, -0.05) is 0 Å². The maximum absolute atomic E-state index is 14.1. The van der Waals surface area contributed by atoms with E-state index in [0.29, 0.717) is 24.9 Å². The van der Waals surface area contributed by atoms with Crippen LogP contribution in [0.25, 0.3) is 0 Å². The van der Waals surface area contributed by atoms with Crippen LogP contribution < -0.4 is 15.5 Å². The van der Waals surface area contributed by atoms with E-state index in [0.717, 1.165) is 12.3 Å². The quantitative estimate of drug-likeness (QED) is 0.597. The number of imidazole rings is 1. The number of halogens is 2. The van der Waals surface area contributed by atoms with Crippen molar-refractivity contribution in [2.24, 2.45) is 7.05 Å². The van der Waals surface area contributed by atoms with Crippen molar-refractivity contribution >= 4 is 23.7 Å². The van der Waals surface area contributed by atoms with E-state index in [9.17, 15) is 8.78 Å². The minimum absolute atomic E-state index is 0.0565. The summed E-state index contributed by atoms with van der Waals surface area (Å²) in [6, 6.07) is 0.185. The summed E-state index contributed by atoms with van der Waals surface area (Å²) in [5.41, 5.74) is 0.0565. The SMILES string of the molecule is COC1CN(c2nc(Nc3cn(C)cn3)nc(NC(C)c3ncc(F)cc3F)n2)C1. The fraction of sp³-hybridized carbons (Fsp3) is 0.389. The van der Waals surface area contributed by atoms with Crippen LogP contribution in [0, 0.1) is 11.6 Å². The van der Waals surface area contributed by atoms with E-state index in [-0.39, 0.29) is 23.7 Å². The largest absolute Gasteiger partial charge is 0.378 e. The lowest BCUT2D eigenvalue weighted by atomic mass is 10.2. The summed E-state index contributed by atoms with van der Waals surface area (Å²) >= 11 is 0. The minimum Gasteiger partial charge on any atom is -0.378 e. The molecule has 0 aromatic carbocycles. The van der Waals surface area contributed by atoms with Crippen molar-refractivity contribution in [3.8, 4) is 0 Å². The summed E-state index contributed by atoms with van der Waals surface area (Å²) in [6.07, 6.45) is 4.50. The van der Waals surface area contributed by atoms with E-state index in [4.69, 9.17) is 4.74 Å². The summed E-state index contributed by atoms with van der Waals surface area (Å²) in [6.45, 7) is 2.97. The summed E-state index contributed by atoms with van der Waals surface area (Å²) < 4.78 is 34.3. The van der Waals surface area contributed by atoms with Gasteiger partial charge >= 0.3 is 0 Å². The highest BCUT2D eigenvalue weighted by Crippen LogP contribution is 2.24. The number of methoxy groups -OCH3 is 1. The third-order valence-electron chi connectivity index (χ3n) is 4.62. The predicted octanol–water partition coefficient (Wildman–Crippen LogP) is 2.03. The van der Waals surface area contributed by atoms with E-state index in [1.807, 2.05) is 11.9 Å². The highest BCUT2D eigenvalue weighted by atomic mass is 19.1. The van der Waals surface area contributed by atoms with Gasteiger partial charge in [-0.05, 0) is 6.92 Å². The molecule has 1 aliphatic rings. The Bertz CT molecular complexity index is 1040. The van der Waals surface area contributed by atoms with Gasteiger partial charge in [0.1, 0.15) is 11.6 Å². The Balaban J connectivity index is 1.59. The Hall–Kier alpha value is -3.41. The van der Waals surface area contributed by atoms with Gasteiger partial charge in [0.25, 0.3) is 0 Å². The average molecular weight is 417 g/mol. The number of rotatable bonds is 7. The number of aromatic nitrogens is 6. The first kappa shape index (κ1) is 19.9. The molecule has 30 heavy (non-hydrogen) atoms. The molecular formula is C18H21F2N9O. The Labute approximate surface area is 171 Å². The molecule has 4 heterocycles. The lowest BCUT2D eigenvalue weighted by molar-refractivity contribution is 0.0778. The molecule has 0 spiro atoms. The molecule has 0 aliphatic carbocycles. The zero-order chi connectivity index (χ0) is 21.3. The molecule has 158 valence electrons. The van der Waals surface area contributed by atoms with E-state index < -0.39 is 17.7 Å². The fourth-order valence-corrected chi connectivity index (χ4v) is 2.97. The van der Waals surface area contributed by atoms with Gasteiger partial charge in [0.15, 0.2) is 5.82 Å². The summed E-state index contributed by atoms with van der Waals surface area (Å²) in [5, 5.41) is 6.04. The number of ether oxygens (including phenoxy) is 1. The Morgan fingerprint density at radius 1 is 1.17 bits per heavy atom. The van der Waals surface area contributed by atoms with Crippen LogP contribution in [0.2, 0.25) is 0 Å². The number of nitrogens with one attached hydrogen (secondary N) is 2. The van der Waals surface area contributed by atoms with Gasteiger partial charge in [0.2, 0.25) is 17.8 Å². The number of aryl methyl sites for hydroxylation is 1. The molecule has 12 heteroatoms. The van der Waals surface area contributed by atoms with Gasteiger partial charge < -0.3 is 24.8 Å². The van der Waals surface area contributed by atoms with Crippen LogP contribution >= 0.6 is 0 Å². The van der Waals surface area contributed by atoms with Crippen LogP contribution in [0.5, 0.6) is 0 Å². The van der Waals surface area contributed by atoms with Crippen molar-refractivity contribution in [1.82, 2.24) is 29.5 Å². The molecule has 4 rings (SSSR count). The van der Waals surface area contributed by atoms with Gasteiger partial charge in [-0.3, -0.25) is 4.98 Å². The predicted molar refractivity (Wildman–Crippen MR) is 106 cm³/mol. The van der Waals surface area contributed by atoms with Crippen molar-refractivity contribution < 1.29 is 13.5 Å². The topological polar surface area (TPSA) is 106 Å². The Morgan fingerprint density at radius 3 is 2.60 bits per heavy atom. The van der Waals surface area contributed by atoms with Crippen molar-refractivity contribution in [3.05, 3.63) is 42.1 Å². The van der Waals surface area contributed by atoms with E-state index in [2.05, 4.69) is 35.6 Å². The molecule has 3 aromatic rings. The highest BCUT2D eigenvalue weighted by Gasteiger charge is 2.29. The zero-order valence-corrected chi connectivity index (χ0v) is 16.7. The number of anilines is 4. The molecule has 0 saturated carbocycles. The Kier molecular flexibility index (Phi) is 5.40. The molecule has 10 nitrogen and oxygen atoms in total. The van der Waals surface area contributed by atoms with E-state index >= 15 is 0 Å². The van der Waals surface area contributed by atoms with Crippen molar-refractivity contribution in [2.45, 2.75) is 19.1 Å². The van der Waals surface area contributed by atoms with E-state index in [1.54, 1.807) is 31.1 Å². The van der Waals surface area contributed by atoms with Crippen LogP contribution in [0.1, 0.15) is 18.7 Å². The molecule has 1 fully saturated rings. The molecule has 2 N–H and O–H groups in total. The molecule has 0 radical (unpaired) electrons. The molecule has 1 saturated heterocycles. The molecule has 1 unspecified atom stereocenters. The second-order valence-electron chi connectivity index (χ2n) is 6.98. The lowest BCUT2D eigenvalue weighted by Crippen LogP contribution is -2.52. The van der Waals surface area contributed by atoms with Crippen LogP contribution in [0.15, 0.2) is 24.8 Å². The van der Waals surface area contributed by atoms with Gasteiger partial charge in [0.05, 0.1) is 30.4 Å². The fourth-order valence-electron chi connectivity index (χ4n) is 2.97. The van der Waals surface area contributed by atoms with Gasteiger partial charge in [-0.2, -0.15) is 15.0 Å². The van der Waals surface area contributed by atoms with Crippen LogP contribution in [0.4, 0.5) is 32.4 Å². The van der Waals surface area contributed by atoms with Gasteiger partial charge in [0, 0.05) is 39.5 Å². The number of pyridine rings is 1. The van der Waals surface area contributed by atoms with Gasteiger partial charge in [-0.25, -0.2) is 13.8 Å². The smallest absolute Gasteiger partial charge is 0.235 e. The van der Waals surface area contributed by atoms with Crippen molar-refractivity contribution in [1.29, 1.82) is 0 Å². The monoisotopic (exact) mass is 417 g/mol. The minimum atomic E-state index is -0.748. The first-order chi connectivity index (χ1) is 14.4. The lowest BCUT2D eigenvalue weighted by Gasteiger charge is -2.38. The summed E-state index contributed by atoms with van der Waals surface area (Å²) in [5.74, 6) is 0.0244. The second-order valence-corrected chi connectivity index (χ2v) is 6.98. The maximum Gasteiger partial charge on any atom is 0.235 e. The molecule has 0 bridgehead atoms. The van der Waals surface area contributed by atoms with Gasteiger partial charge in [-0.15, -0.1) is 0 Å². The number of nitrogens with zero attached hydrogens (tertiary/aromatic N) is 7. The number of hydrogen-bond donors (Lipinski definition) is 2. The summed E-state index contributed by atoms with van der Waals surface area (Å²) in [4.78, 5) is 23.2. The second kappa shape index (κ2) is 8.14. The van der Waals surface area contributed by atoms with Crippen molar-refractivity contribution in [2.75, 3.05) is 35.7 Å². The standard InChI is InChI=1S/C18H21F2N9O/c1-10(15-13(20)4-11(19)5-21-15)23-16-25-17(24-14-8-28(2)9-22-14)27-18(26-16)29-6-12(7-29)30-3/h4-5,8-10,12H,6-7H2,1-3H3,(H2,23,24,25,26,27). The maximum atomic E-state index is 14.1. The molecule has 1 atom stereocenters. The normalized spacial score (nSPS) is 15.0. The first-order valence-electron chi connectivity index (χ1n) is 9.27. The van der Waals surface area contributed by atoms with Crippen LogP contribution in [-0.2, 0) is 11.8 Å². The number of hydrogen-bond acceptors (Lipinski definition) is 9. The highest BCUT2D eigenvalue weighted by molar-refractivity contribution is 5.52. The summed E-state index contributed by atoms with van der Waals surface area (Å²) in [7, 11) is 3.50. The van der Waals surface area contributed by atoms with Crippen LogP contribution in [-0.4, -0.2) is 55.8 Å². The first-order valence-corrected chi connectivity index (χ1v) is 9.27. The average Bonchev–Trinajstić information content (AvgIpc) is 3.05.